The van der Waals surface area contributed by atoms with Crippen molar-refractivity contribution in [2.24, 2.45) is 0 Å². The van der Waals surface area contributed by atoms with Crippen molar-refractivity contribution in [1.29, 1.82) is 0 Å². The molecule has 0 heterocycles. The number of hydrogen-bond acceptors (Lipinski definition) is 1. The summed E-state index contributed by atoms with van der Waals surface area (Å²) >= 11 is 0. The fourth-order valence-electron chi connectivity index (χ4n) is 1.87. The quantitative estimate of drug-likeness (QED) is 0.739. The molecule has 2 aromatic carbocycles. The number of allylic oxidation sites excluding steroid dienone is 1. The van der Waals surface area contributed by atoms with Crippen LogP contribution >= 0.6 is 0 Å². The standard InChI is InChI=1S/C18H18OS/c1-16(20(19)18-14-6-3-7-15-18)10-8-9-13-17-11-4-2-5-12-17/h2-8,11-12,14-15H,9,13H2,1H3. The Balaban J connectivity index is 1.96. The molecule has 0 amide bonds. The van der Waals surface area contributed by atoms with Crippen LogP contribution in [0.3, 0.4) is 0 Å². The summed E-state index contributed by atoms with van der Waals surface area (Å²) in [6, 6.07) is 19.8. The third kappa shape index (κ3) is 4.34. The van der Waals surface area contributed by atoms with Gasteiger partial charge in [-0.1, -0.05) is 48.5 Å². The molecule has 0 aliphatic heterocycles. The van der Waals surface area contributed by atoms with Crippen LogP contribution in [-0.2, 0) is 17.2 Å². The summed E-state index contributed by atoms with van der Waals surface area (Å²) < 4.78 is 12.2. The highest BCUT2D eigenvalue weighted by Crippen LogP contribution is 2.12. The minimum absolute atomic E-state index is 0.768. The van der Waals surface area contributed by atoms with Crippen LogP contribution in [0, 0.1) is 0 Å². The molecule has 0 saturated heterocycles. The van der Waals surface area contributed by atoms with E-state index in [0.717, 1.165) is 22.6 Å². The minimum atomic E-state index is -1.10. The number of hydrogen-bond donors (Lipinski definition) is 0. The molecule has 0 saturated carbocycles. The van der Waals surface area contributed by atoms with Gasteiger partial charge in [0.2, 0.25) is 0 Å². The van der Waals surface area contributed by atoms with Gasteiger partial charge in [0, 0.05) is 4.90 Å². The maximum Gasteiger partial charge on any atom is 0.0883 e. The molecule has 2 aromatic rings. The fraction of sp³-hybridized carbons (Fsp3) is 0.167. The van der Waals surface area contributed by atoms with Gasteiger partial charge in [0.15, 0.2) is 0 Å². The van der Waals surface area contributed by atoms with Gasteiger partial charge >= 0.3 is 0 Å². The zero-order valence-electron chi connectivity index (χ0n) is 11.6. The largest absolute Gasteiger partial charge is 0.249 e. The van der Waals surface area contributed by atoms with Crippen molar-refractivity contribution >= 4 is 10.8 Å². The first-order chi connectivity index (χ1) is 9.77. The van der Waals surface area contributed by atoms with Crippen LogP contribution in [0.15, 0.2) is 82.3 Å². The third-order valence-corrected chi connectivity index (χ3v) is 4.34. The van der Waals surface area contributed by atoms with E-state index in [4.69, 9.17) is 0 Å². The van der Waals surface area contributed by atoms with Gasteiger partial charge in [-0.2, -0.15) is 0 Å². The van der Waals surface area contributed by atoms with Gasteiger partial charge in [-0.25, -0.2) is 4.21 Å². The number of rotatable bonds is 5. The molecule has 20 heavy (non-hydrogen) atoms. The fourth-order valence-corrected chi connectivity index (χ4v) is 2.82. The molecule has 0 fully saturated rings. The number of benzene rings is 2. The Bertz CT molecular complexity index is 623. The normalized spacial score (nSPS) is 11.4. The van der Waals surface area contributed by atoms with E-state index in [0.29, 0.717) is 0 Å². The van der Waals surface area contributed by atoms with E-state index in [1.54, 1.807) is 0 Å². The lowest BCUT2D eigenvalue weighted by Crippen LogP contribution is -1.90. The molecular formula is C18H18OS. The topological polar surface area (TPSA) is 17.1 Å². The van der Waals surface area contributed by atoms with Crippen LogP contribution < -0.4 is 0 Å². The SMILES string of the molecule is CC(=C=CCCc1ccccc1)S(=O)c1ccccc1. The van der Waals surface area contributed by atoms with Gasteiger partial charge in [0.05, 0.1) is 15.7 Å². The summed E-state index contributed by atoms with van der Waals surface area (Å²) in [4.78, 5) is 1.60. The van der Waals surface area contributed by atoms with E-state index in [2.05, 4.69) is 17.9 Å². The molecule has 102 valence electrons. The van der Waals surface area contributed by atoms with Gasteiger partial charge in [0.25, 0.3) is 0 Å². The highest BCUT2D eigenvalue weighted by molar-refractivity contribution is 7.89. The molecule has 0 aromatic heterocycles. The predicted molar refractivity (Wildman–Crippen MR) is 84.9 cm³/mol. The van der Waals surface area contributed by atoms with Gasteiger partial charge in [-0.05, 0) is 43.5 Å². The molecule has 2 heteroatoms. The van der Waals surface area contributed by atoms with Crippen molar-refractivity contribution in [2.45, 2.75) is 24.7 Å². The zero-order valence-corrected chi connectivity index (χ0v) is 12.4. The molecule has 0 aliphatic rings. The van der Waals surface area contributed by atoms with Gasteiger partial charge < -0.3 is 0 Å². The highest BCUT2D eigenvalue weighted by atomic mass is 32.2. The Morgan fingerprint density at radius 3 is 2.30 bits per heavy atom. The van der Waals surface area contributed by atoms with Gasteiger partial charge in [-0.15, -0.1) is 5.73 Å². The maximum atomic E-state index is 12.2. The van der Waals surface area contributed by atoms with Crippen LogP contribution in [0.4, 0.5) is 0 Å². The first-order valence-electron chi connectivity index (χ1n) is 6.70. The lowest BCUT2D eigenvalue weighted by molar-refractivity contribution is 0.687. The molecule has 0 radical (unpaired) electrons. The second kappa shape index (κ2) is 7.64. The predicted octanol–water partition coefficient (Wildman–Crippen LogP) is 4.49. The van der Waals surface area contributed by atoms with E-state index >= 15 is 0 Å². The smallest absolute Gasteiger partial charge is 0.0883 e. The molecule has 1 atom stereocenters. The molecule has 2 rings (SSSR count). The van der Waals surface area contributed by atoms with Crippen molar-refractivity contribution in [3.63, 3.8) is 0 Å². The first kappa shape index (κ1) is 14.5. The molecule has 1 nitrogen and oxygen atoms in total. The summed E-state index contributed by atoms with van der Waals surface area (Å²) in [7, 11) is -1.10. The van der Waals surface area contributed by atoms with Crippen molar-refractivity contribution in [3.8, 4) is 0 Å². The lowest BCUT2D eigenvalue weighted by Gasteiger charge is -1.99. The van der Waals surface area contributed by atoms with Crippen LogP contribution in [0.1, 0.15) is 18.9 Å². The summed E-state index contributed by atoms with van der Waals surface area (Å²) in [6.45, 7) is 1.86. The molecule has 0 spiro atoms. The Hall–Kier alpha value is -1.89. The second-order valence-corrected chi connectivity index (χ2v) is 6.13. The van der Waals surface area contributed by atoms with Crippen LogP contribution in [-0.4, -0.2) is 4.21 Å². The van der Waals surface area contributed by atoms with Crippen molar-refractivity contribution in [2.75, 3.05) is 0 Å². The molecule has 0 aliphatic carbocycles. The monoisotopic (exact) mass is 282 g/mol. The Kier molecular flexibility index (Phi) is 5.55. The van der Waals surface area contributed by atoms with Crippen molar-refractivity contribution < 1.29 is 4.21 Å². The minimum Gasteiger partial charge on any atom is -0.249 e. The highest BCUT2D eigenvalue weighted by Gasteiger charge is 2.03. The summed E-state index contributed by atoms with van der Waals surface area (Å²) in [5.74, 6) is 0. The molecule has 0 N–H and O–H groups in total. The number of aryl methyl sites for hydroxylation is 1. The lowest BCUT2D eigenvalue weighted by atomic mass is 10.1. The Morgan fingerprint density at radius 2 is 1.65 bits per heavy atom. The summed E-state index contributed by atoms with van der Waals surface area (Å²) in [6.07, 6.45) is 3.87. The first-order valence-corrected chi connectivity index (χ1v) is 7.85. The van der Waals surface area contributed by atoms with E-state index in [1.165, 1.54) is 5.56 Å². The zero-order chi connectivity index (χ0) is 14.2. The average Bonchev–Trinajstić information content (AvgIpc) is 2.52. The third-order valence-electron chi connectivity index (χ3n) is 2.96. The van der Waals surface area contributed by atoms with E-state index in [-0.39, 0.29) is 0 Å². The molecule has 0 bridgehead atoms. The summed E-state index contributed by atoms with van der Waals surface area (Å²) in [5, 5.41) is 0. The Morgan fingerprint density at radius 1 is 1.05 bits per heavy atom. The summed E-state index contributed by atoms with van der Waals surface area (Å²) in [5.41, 5.74) is 4.46. The maximum absolute atomic E-state index is 12.2. The molecule has 1 unspecified atom stereocenters. The van der Waals surface area contributed by atoms with Crippen molar-refractivity contribution in [1.82, 2.24) is 0 Å². The van der Waals surface area contributed by atoms with Gasteiger partial charge in [0.1, 0.15) is 0 Å². The Labute approximate surface area is 123 Å². The van der Waals surface area contributed by atoms with Crippen LogP contribution in [0.2, 0.25) is 0 Å². The van der Waals surface area contributed by atoms with Gasteiger partial charge in [-0.3, -0.25) is 0 Å². The van der Waals surface area contributed by atoms with Crippen molar-refractivity contribution in [3.05, 3.63) is 82.9 Å². The average molecular weight is 282 g/mol. The van der Waals surface area contributed by atoms with E-state index < -0.39 is 10.8 Å². The molecular weight excluding hydrogens is 264 g/mol. The van der Waals surface area contributed by atoms with E-state index in [9.17, 15) is 4.21 Å². The second-order valence-electron chi connectivity index (χ2n) is 4.51. The van der Waals surface area contributed by atoms with E-state index in [1.807, 2.05) is 61.5 Å². The van der Waals surface area contributed by atoms with Crippen LogP contribution in [0.5, 0.6) is 0 Å². The van der Waals surface area contributed by atoms with Crippen LogP contribution in [0.25, 0.3) is 0 Å².